The Balaban J connectivity index is 2.76. The SMILES string of the molecule is C[C@H](CO)NCc1cc(Br)ccc1OC(F)F. The predicted molar refractivity (Wildman–Crippen MR) is 64.2 cm³/mol. The number of benzene rings is 1. The number of aliphatic hydroxyl groups excluding tert-OH is 1. The fourth-order valence-corrected chi connectivity index (χ4v) is 1.65. The van der Waals surface area contributed by atoms with E-state index >= 15 is 0 Å². The van der Waals surface area contributed by atoms with Gasteiger partial charge in [0.2, 0.25) is 0 Å². The van der Waals surface area contributed by atoms with Gasteiger partial charge in [0, 0.05) is 22.6 Å². The van der Waals surface area contributed by atoms with Crippen LogP contribution in [0.5, 0.6) is 5.75 Å². The van der Waals surface area contributed by atoms with Gasteiger partial charge in [-0.1, -0.05) is 15.9 Å². The standard InChI is InChI=1S/C11H14BrF2NO2/c1-7(6-16)15-5-8-4-9(12)2-3-10(8)17-11(13)14/h2-4,7,11,15-16H,5-6H2,1H3/t7-/m1/s1. The third-order valence-electron chi connectivity index (χ3n) is 2.15. The first-order chi connectivity index (χ1) is 8.02. The molecular weight excluding hydrogens is 296 g/mol. The van der Waals surface area contributed by atoms with Crippen LogP contribution < -0.4 is 10.1 Å². The Bertz CT molecular complexity index is 363. The molecule has 0 aromatic heterocycles. The summed E-state index contributed by atoms with van der Waals surface area (Å²) in [6.45, 7) is -0.710. The topological polar surface area (TPSA) is 41.5 Å². The van der Waals surface area contributed by atoms with E-state index in [0.29, 0.717) is 12.1 Å². The van der Waals surface area contributed by atoms with E-state index in [1.165, 1.54) is 6.07 Å². The van der Waals surface area contributed by atoms with Crippen LogP contribution in [0.15, 0.2) is 22.7 Å². The molecule has 0 saturated heterocycles. The first kappa shape index (κ1) is 14.3. The van der Waals surface area contributed by atoms with Crippen LogP contribution in [0.25, 0.3) is 0 Å². The van der Waals surface area contributed by atoms with Crippen LogP contribution in [0.2, 0.25) is 0 Å². The van der Waals surface area contributed by atoms with Gasteiger partial charge < -0.3 is 15.2 Å². The number of hydrogen-bond donors (Lipinski definition) is 2. The van der Waals surface area contributed by atoms with Gasteiger partial charge >= 0.3 is 6.61 Å². The average molecular weight is 310 g/mol. The summed E-state index contributed by atoms with van der Waals surface area (Å²) in [4.78, 5) is 0. The zero-order chi connectivity index (χ0) is 12.8. The second-order valence-electron chi connectivity index (χ2n) is 3.60. The van der Waals surface area contributed by atoms with E-state index in [-0.39, 0.29) is 18.4 Å². The molecular formula is C11H14BrF2NO2. The maximum absolute atomic E-state index is 12.2. The summed E-state index contributed by atoms with van der Waals surface area (Å²) in [6.07, 6.45) is 0. The molecule has 0 fully saturated rings. The van der Waals surface area contributed by atoms with Crippen molar-refractivity contribution >= 4 is 15.9 Å². The van der Waals surface area contributed by atoms with Crippen LogP contribution in [0, 0.1) is 0 Å². The van der Waals surface area contributed by atoms with Crippen LogP contribution in [0.1, 0.15) is 12.5 Å². The van der Waals surface area contributed by atoms with Crippen LogP contribution in [-0.2, 0) is 6.54 Å². The largest absolute Gasteiger partial charge is 0.434 e. The number of alkyl halides is 2. The molecule has 1 rings (SSSR count). The lowest BCUT2D eigenvalue weighted by Gasteiger charge is -2.14. The van der Waals surface area contributed by atoms with Gasteiger partial charge in [0.1, 0.15) is 5.75 Å². The van der Waals surface area contributed by atoms with Gasteiger partial charge in [-0.3, -0.25) is 0 Å². The molecule has 6 heteroatoms. The normalized spacial score (nSPS) is 12.8. The minimum absolute atomic E-state index is 0.0148. The number of ether oxygens (including phenoxy) is 1. The minimum atomic E-state index is -2.84. The molecule has 3 nitrogen and oxygen atoms in total. The Labute approximate surface area is 107 Å². The summed E-state index contributed by atoms with van der Waals surface area (Å²) in [7, 11) is 0. The summed E-state index contributed by atoms with van der Waals surface area (Å²) < 4.78 is 29.5. The maximum Gasteiger partial charge on any atom is 0.387 e. The molecule has 0 aliphatic heterocycles. The van der Waals surface area contributed by atoms with Crippen molar-refractivity contribution in [3.63, 3.8) is 0 Å². The third kappa shape index (κ3) is 4.97. The van der Waals surface area contributed by atoms with Crippen molar-refractivity contribution in [2.45, 2.75) is 26.1 Å². The zero-order valence-electron chi connectivity index (χ0n) is 9.29. The molecule has 0 spiro atoms. The molecule has 1 aromatic carbocycles. The number of nitrogens with one attached hydrogen (secondary N) is 1. The van der Waals surface area contributed by atoms with Gasteiger partial charge in [-0.2, -0.15) is 8.78 Å². The summed E-state index contributed by atoms with van der Waals surface area (Å²) in [5, 5.41) is 11.9. The summed E-state index contributed by atoms with van der Waals surface area (Å²) in [5.74, 6) is 0.140. The van der Waals surface area contributed by atoms with Crippen molar-refractivity contribution < 1.29 is 18.6 Å². The monoisotopic (exact) mass is 309 g/mol. The number of aliphatic hydroxyl groups is 1. The lowest BCUT2D eigenvalue weighted by molar-refractivity contribution is -0.0505. The fraction of sp³-hybridized carbons (Fsp3) is 0.455. The first-order valence-corrected chi connectivity index (χ1v) is 5.89. The maximum atomic E-state index is 12.2. The van der Waals surface area contributed by atoms with E-state index < -0.39 is 6.61 Å². The highest BCUT2D eigenvalue weighted by Crippen LogP contribution is 2.24. The lowest BCUT2D eigenvalue weighted by Crippen LogP contribution is -2.28. The molecule has 0 aliphatic carbocycles. The second-order valence-corrected chi connectivity index (χ2v) is 4.51. The van der Waals surface area contributed by atoms with Crippen molar-refractivity contribution in [3.05, 3.63) is 28.2 Å². The molecule has 0 unspecified atom stereocenters. The zero-order valence-corrected chi connectivity index (χ0v) is 10.9. The molecule has 0 amide bonds. The van der Waals surface area contributed by atoms with Crippen LogP contribution >= 0.6 is 15.9 Å². The average Bonchev–Trinajstić information content (AvgIpc) is 2.28. The summed E-state index contributed by atoms with van der Waals surface area (Å²) in [5.41, 5.74) is 0.611. The smallest absolute Gasteiger partial charge is 0.387 e. The van der Waals surface area contributed by atoms with Gasteiger partial charge in [-0.25, -0.2) is 0 Å². The van der Waals surface area contributed by atoms with Crippen molar-refractivity contribution in [1.82, 2.24) is 5.32 Å². The van der Waals surface area contributed by atoms with Crippen LogP contribution in [0.3, 0.4) is 0 Å². The second kappa shape index (κ2) is 6.88. The van der Waals surface area contributed by atoms with E-state index in [1.807, 2.05) is 0 Å². The fourth-order valence-electron chi connectivity index (χ4n) is 1.25. The van der Waals surface area contributed by atoms with Crippen molar-refractivity contribution in [2.75, 3.05) is 6.61 Å². The van der Waals surface area contributed by atoms with Gasteiger partial charge in [0.25, 0.3) is 0 Å². The van der Waals surface area contributed by atoms with Crippen molar-refractivity contribution in [2.24, 2.45) is 0 Å². The summed E-state index contributed by atoms with van der Waals surface area (Å²) >= 11 is 3.27. The van der Waals surface area contributed by atoms with E-state index in [1.54, 1.807) is 19.1 Å². The molecule has 0 bridgehead atoms. The number of hydrogen-bond acceptors (Lipinski definition) is 3. The molecule has 96 valence electrons. The van der Waals surface area contributed by atoms with Gasteiger partial charge in [-0.05, 0) is 25.1 Å². The molecule has 0 saturated carbocycles. The van der Waals surface area contributed by atoms with E-state index in [9.17, 15) is 8.78 Å². The Morgan fingerprint density at radius 1 is 1.47 bits per heavy atom. The van der Waals surface area contributed by atoms with E-state index in [4.69, 9.17) is 5.11 Å². The van der Waals surface area contributed by atoms with Gasteiger partial charge in [0.05, 0.1) is 6.61 Å². The molecule has 0 heterocycles. The van der Waals surface area contributed by atoms with Gasteiger partial charge in [0.15, 0.2) is 0 Å². The quantitative estimate of drug-likeness (QED) is 0.848. The van der Waals surface area contributed by atoms with Crippen LogP contribution in [0.4, 0.5) is 8.78 Å². The third-order valence-corrected chi connectivity index (χ3v) is 2.65. The minimum Gasteiger partial charge on any atom is -0.434 e. The highest BCUT2D eigenvalue weighted by Gasteiger charge is 2.10. The molecule has 17 heavy (non-hydrogen) atoms. The van der Waals surface area contributed by atoms with Gasteiger partial charge in [-0.15, -0.1) is 0 Å². The molecule has 1 atom stereocenters. The predicted octanol–water partition coefficient (Wildman–Crippen LogP) is 2.52. The highest BCUT2D eigenvalue weighted by atomic mass is 79.9. The Kier molecular flexibility index (Phi) is 5.80. The number of rotatable bonds is 6. The Morgan fingerprint density at radius 3 is 2.76 bits per heavy atom. The van der Waals surface area contributed by atoms with E-state index in [0.717, 1.165) is 4.47 Å². The molecule has 0 radical (unpaired) electrons. The lowest BCUT2D eigenvalue weighted by atomic mass is 10.2. The molecule has 0 aliphatic rings. The number of halogens is 3. The van der Waals surface area contributed by atoms with Crippen molar-refractivity contribution in [3.8, 4) is 5.75 Å². The molecule has 1 aromatic rings. The highest BCUT2D eigenvalue weighted by molar-refractivity contribution is 9.10. The Morgan fingerprint density at radius 2 is 2.18 bits per heavy atom. The van der Waals surface area contributed by atoms with E-state index in [2.05, 4.69) is 26.0 Å². The molecule has 2 N–H and O–H groups in total. The van der Waals surface area contributed by atoms with Crippen LogP contribution in [-0.4, -0.2) is 24.4 Å². The first-order valence-electron chi connectivity index (χ1n) is 5.10. The summed E-state index contributed by atoms with van der Waals surface area (Å²) in [6, 6.07) is 4.72. The Hall–Kier alpha value is -0.720. The van der Waals surface area contributed by atoms with Crippen molar-refractivity contribution in [1.29, 1.82) is 0 Å².